The van der Waals surface area contributed by atoms with Crippen LogP contribution in [0.5, 0.6) is 0 Å². The molecule has 5 nitrogen and oxygen atoms in total. The Labute approximate surface area is 157 Å². The molecule has 0 heterocycles. The number of anilines is 1. The number of aryl methyl sites for hydroxylation is 1. The Balaban J connectivity index is 2.24. The molecule has 2 aromatic carbocycles. The lowest BCUT2D eigenvalue weighted by Gasteiger charge is -2.22. The zero-order valence-corrected chi connectivity index (χ0v) is 16.1. The van der Waals surface area contributed by atoms with Gasteiger partial charge < -0.3 is 5.32 Å². The number of carbonyl (C=O) groups excluding carboxylic acids is 1. The molecule has 2 aromatic rings. The van der Waals surface area contributed by atoms with Gasteiger partial charge in [0.1, 0.15) is 10.7 Å². The summed E-state index contributed by atoms with van der Waals surface area (Å²) >= 11 is 5.90. The second kappa shape index (κ2) is 8.62. The highest BCUT2D eigenvalue weighted by atomic mass is 35.5. The fourth-order valence-corrected chi connectivity index (χ4v) is 4.41. The lowest BCUT2D eigenvalue weighted by atomic mass is 10.2. The van der Waals surface area contributed by atoms with Gasteiger partial charge in [-0.2, -0.15) is 4.31 Å². The molecular formula is C18H20ClFN2O3S. The standard InChI is InChI=1S/C18H20ClFN2O3S/c1-3-10-22(12-18(23)21-16-7-5-4-6-13(16)2)26(24,25)17-9-8-14(20)11-15(17)19/h4-9,11H,3,10,12H2,1-2H3,(H,21,23). The molecule has 0 spiro atoms. The molecule has 1 amide bonds. The smallest absolute Gasteiger partial charge is 0.245 e. The Morgan fingerprint density at radius 3 is 2.54 bits per heavy atom. The summed E-state index contributed by atoms with van der Waals surface area (Å²) in [6, 6.07) is 10.3. The number of hydrogen-bond donors (Lipinski definition) is 1. The van der Waals surface area contributed by atoms with Gasteiger partial charge >= 0.3 is 0 Å². The molecule has 0 fully saturated rings. The van der Waals surface area contributed by atoms with Crippen molar-refractivity contribution in [1.29, 1.82) is 0 Å². The van der Waals surface area contributed by atoms with E-state index in [2.05, 4.69) is 5.32 Å². The summed E-state index contributed by atoms with van der Waals surface area (Å²) in [5.74, 6) is -1.09. The van der Waals surface area contributed by atoms with E-state index in [1.807, 2.05) is 19.1 Å². The minimum atomic E-state index is -4.03. The highest BCUT2D eigenvalue weighted by molar-refractivity contribution is 7.89. The Kier molecular flexibility index (Phi) is 6.75. The average molecular weight is 399 g/mol. The SMILES string of the molecule is CCCN(CC(=O)Nc1ccccc1C)S(=O)(=O)c1ccc(F)cc1Cl. The number of nitrogens with one attached hydrogen (secondary N) is 1. The largest absolute Gasteiger partial charge is 0.325 e. The monoisotopic (exact) mass is 398 g/mol. The van der Waals surface area contributed by atoms with Crippen molar-refractivity contribution in [2.45, 2.75) is 25.2 Å². The molecule has 0 aliphatic heterocycles. The number of benzene rings is 2. The van der Waals surface area contributed by atoms with Crippen molar-refractivity contribution in [3.8, 4) is 0 Å². The molecule has 26 heavy (non-hydrogen) atoms. The van der Waals surface area contributed by atoms with Crippen molar-refractivity contribution < 1.29 is 17.6 Å². The third-order valence-corrected chi connectivity index (χ3v) is 6.05. The molecule has 2 rings (SSSR count). The maximum atomic E-state index is 13.2. The van der Waals surface area contributed by atoms with Gasteiger partial charge in [-0.05, 0) is 43.2 Å². The van der Waals surface area contributed by atoms with E-state index in [4.69, 9.17) is 11.6 Å². The van der Waals surface area contributed by atoms with Crippen molar-refractivity contribution in [1.82, 2.24) is 4.31 Å². The maximum absolute atomic E-state index is 13.2. The van der Waals surface area contributed by atoms with Crippen LogP contribution in [0.25, 0.3) is 0 Å². The predicted molar refractivity (Wildman–Crippen MR) is 100 cm³/mol. The topological polar surface area (TPSA) is 66.5 Å². The zero-order chi connectivity index (χ0) is 19.3. The molecule has 0 aliphatic rings. The summed E-state index contributed by atoms with van der Waals surface area (Å²) in [6.07, 6.45) is 0.510. The highest BCUT2D eigenvalue weighted by Crippen LogP contribution is 2.25. The minimum Gasteiger partial charge on any atom is -0.325 e. The number of halogens is 2. The summed E-state index contributed by atoms with van der Waals surface area (Å²) in [4.78, 5) is 12.1. The van der Waals surface area contributed by atoms with Crippen molar-refractivity contribution >= 4 is 33.2 Å². The number of sulfonamides is 1. The van der Waals surface area contributed by atoms with Crippen LogP contribution in [-0.2, 0) is 14.8 Å². The van der Waals surface area contributed by atoms with E-state index in [0.717, 1.165) is 28.1 Å². The number of hydrogen-bond acceptors (Lipinski definition) is 3. The molecule has 0 radical (unpaired) electrons. The zero-order valence-electron chi connectivity index (χ0n) is 14.5. The lowest BCUT2D eigenvalue weighted by molar-refractivity contribution is -0.116. The quantitative estimate of drug-likeness (QED) is 0.770. The summed E-state index contributed by atoms with van der Waals surface area (Å²) in [7, 11) is -4.03. The number of para-hydroxylation sites is 1. The minimum absolute atomic E-state index is 0.136. The van der Waals surface area contributed by atoms with Gasteiger partial charge in [-0.15, -0.1) is 0 Å². The van der Waals surface area contributed by atoms with Crippen LogP contribution in [0.4, 0.5) is 10.1 Å². The molecule has 0 aromatic heterocycles. The summed E-state index contributed by atoms with van der Waals surface area (Å²) < 4.78 is 40.0. The van der Waals surface area contributed by atoms with E-state index >= 15 is 0 Å². The number of rotatable bonds is 7. The van der Waals surface area contributed by atoms with Gasteiger partial charge in [0.2, 0.25) is 15.9 Å². The van der Waals surface area contributed by atoms with Gasteiger partial charge in [-0.25, -0.2) is 12.8 Å². The Bertz CT molecular complexity index is 903. The predicted octanol–water partition coefficient (Wildman–Crippen LogP) is 3.83. The molecule has 140 valence electrons. The first kappa shape index (κ1) is 20.4. The second-order valence-corrected chi connectivity index (χ2v) is 8.09. The highest BCUT2D eigenvalue weighted by Gasteiger charge is 2.28. The first-order chi connectivity index (χ1) is 12.3. The van der Waals surface area contributed by atoms with E-state index < -0.39 is 21.7 Å². The normalized spacial score (nSPS) is 11.6. The van der Waals surface area contributed by atoms with E-state index in [9.17, 15) is 17.6 Å². The van der Waals surface area contributed by atoms with E-state index in [1.165, 1.54) is 0 Å². The molecule has 0 bridgehead atoms. The third kappa shape index (κ3) is 4.81. The first-order valence-corrected chi connectivity index (χ1v) is 9.88. The van der Waals surface area contributed by atoms with Crippen molar-refractivity contribution in [2.24, 2.45) is 0 Å². The van der Waals surface area contributed by atoms with Gasteiger partial charge in [0.25, 0.3) is 0 Å². The lowest BCUT2D eigenvalue weighted by Crippen LogP contribution is -2.38. The molecule has 8 heteroatoms. The van der Waals surface area contributed by atoms with Gasteiger partial charge in [-0.3, -0.25) is 4.79 Å². The summed E-state index contributed by atoms with van der Waals surface area (Å²) in [6.45, 7) is 3.41. The summed E-state index contributed by atoms with van der Waals surface area (Å²) in [5.41, 5.74) is 1.48. The molecule has 0 aliphatic carbocycles. The van der Waals surface area contributed by atoms with Gasteiger partial charge in [0.05, 0.1) is 11.6 Å². The van der Waals surface area contributed by atoms with Crippen LogP contribution in [0.15, 0.2) is 47.4 Å². The van der Waals surface area contributed by atoms with E-state index in [1.54, 1.807) is 19.1 Å². The van der Waals surface area contributed by atoms with E-state index in [-0.39, 0.29) is 23.0 Å². The molecule has 0 saturated heterocycles. The molecule has 1 N–H and O–H groups in total. The van der Waals surface area contributed by atoms with Gasteiger partial charge in [0.15, 0.2) is 0 Å². The van der Waals surface area contributed by atoms with Crippen LogP contribution in [0.3, 0.4) is 0 Å². The van der Waals surface area contributed by atoms with E-state index in [0.29, 0.717) is 12.1 Å². The molecule has 0 unspecified atom stereocenters. The van der Waals surface area contributed by atoms with Crippen molar-refractivity contribution in [3.63, 3.8) is 0 Å². The fraction of sp³-hybridized carbons (Fsp3) is 0.278. The number of nitrogens with zero attached hydrogens (tertiary/aromatic N) is 1. The van der Waals surface area contributed by atoms with Crippen molar-refractivity contribution in [2.75, 3.05) is 18.4 Å². The Morgan fingerprint density at radius 2 is 1.92 bits per heavy atom. The van der Waals surface area contributed by atoms with Crippen LogP contribution in [0.1, 0.15) is 18.9 Å². The molecule has 0 atom stereocenters. The van der Waals surface area contributed by atoms with Crippen LogP contribution in [0, 0.1) is 12.7 Å². The first-order valence-electron chi connectivity index (χ1n) is 8.06. The van der Waals surface area contributed by atoms with Crippen LogP contribution in [-0.4, -0.2) is 31.7 Å². The number of amides is 1. The number of carbonyl (C=O) groups is 1. The van der Waals surface area contributed by atoms with Crippen LogP contribution >= 0.6 is 11.6 Å². The Morgan fingerprint density at radius 1 is 1.23 bits per heavy atom. The average Bonchev–Trinajstić information content (AvgIpc) is 2.56. The fourth-order valence-electron chi connectivity index (χ4n) is 2.42. The maximum Gasteiger partial charge on any atom is 0.245 e. The van der Waals surface area contributed by atoms with Gasteiger partial charge in [0, 0.05) is 12.2 Å². The molecular weight excluding hydrogens is 379 g/mol. The van der Waals surface area contributed by atoms with Gasteiger partial charge in [-0.1, -0.05) is 36.7 Å². The second-order valence-electron chi connectivity index (χ2n) is 5.78. The Hall–Kier alpha value is -1.96. The van der Waals surface area contributed by atoms with Crippen LogP contribution < -0.4 is 5.32 Å². The third-order valence-electron chi connectivity index (χ3n) is 3.72. The molecule has 0 saturated carbocycles. The van der Waals surface area contributed by atoms with Crippen LogP contribution in [0.2, 0.25) is 5.02 Å². The van der Waals surface area contributed by atoms with Crippen molar-refractivity contribution in [3.05, 3.63) is 58.9 Å². The summed E-state index contributed by atoms with van der Waals surface area (Å²) in [5, 5.41) is 2.49.